The van der Waals surface area contributed by atoms with Gasteiger partial charge in [0.1, 0.15) is 73.2 Å². The number of aliphatic carboxylic acids is 2. The highest BCUT2D eigenvalue weighted by Gasteiger charge is 2.63. The Bertz CT molecular complexity index is 1720. The van der Waals surface area contributed by atoms with Gasteiger partial charge in [-0.1, -0.05) is 0 Å². The third kappa shape index (κ3) is 11.4. The molecule has 29 heteroatoms. The van der Waals surface area contributed by atoms with Crippen LogP contribution in [0.1, 0.15) is 20.8 Å². The van der Waals surface area contributed by atoms with Crippen molar-refractivity contribution in [3.05, 3.63) is 0 Å². The first kappa shape index (κ1) is 55.5. The van der Waals surface area contributed by atoms with Gasteiger partial charge in [-0.3, -0.25) is 14.4 Å². The first-order valence-corrected chi connectivity index (χ1v) is 21.2. The molecule has 0 aliphatic carbocycles. The molecule has 0 bridgehead atoms. The topological polar surface area (TPSA) is 428 Å². The zero-order chi connectivity index (χ0) is 50.6. The van der Waals surface area contributed by atoms with Crippen LogP contribution >= 0.6 is 0 Å². The minimum atomic E-state index is -2.24. The fraction of sp³-hybridized carbons (Fsp3) is 0.872. The summed E-state index contributed by atoms with van der Waals surface area (Å²) >= 11 is 0. The Kier molecular flexibility index (Phi) is 19.3. The van der Waals surface area contributed by atoms with Crippen LogP contribution < -0.4 is 0 Å². The Morgan fingerprint density at radius 3 is 1.29 bits per heavy atom. The lowest BCUT2D eigenvalue weighted by molar-refractivity contribution is -0.368. The molecule has 68 heavy (non-hydrogen) atoms. The molecule has 25 atom stereocenters. The van der Waals surface area contributed by atoms with Crippen LogP contribution in [-0.2, 0) is 85.6 Å². The van der Waals surface area contributed by atoms with Crippen LogP contribution in [0.15, 0.2) is 0 Å². The molecule has 0 aromatic rings. The van der Waals surface area contributed by atoms with Gasteiger partial charge >= 0.3 is 29.8 Å². The van der Waals surface area contributed by atoms with Crippen LogP contribution in [0.5, 0.6) is 0 Å². The van der Waals surface area contributed by atoms with Gasteiger partial charge in [-0.15, -0.1) is 0 Å². The number of ether oxygens (including phenoxy) is 13. The second kappa shape index (κ2) is 23.7. The van der Waals surface area contributed by atoms with Crippen molar-refractivity contribution in [1.29, 1.82) is 0 Å². The molecule has 5 heterocycles. The first-order chi connectivity index (χ1) is 32.1. The highest BCUT2D eigenvalue weighted by atomic mass is 16.8. The van der Waals surface area contributed by atoms with Crippen LogP contribution in [-0.4, -0.2) is 268 Å². The molecular formula is C39H60O29. The van der Waals surface area contributed by atoms with E-state index in [1.165, 1.54) is 0 Å². The van der Waals surface area contributed by atoms with Gasteiger partial charge in [0.05, 0.1) is 50.0 Å². The molecule has 5 aliphatic rings. The number of aliphatic hydroxyl groups excluding tert-OH is 9. The van der Waals surface area contributed by atoms with Gasteiger partial charge in [0.25, 0.3) is 0 Å². The van der Waals surface area contributed by atoms with E-state index in [0.717, 1.165) is 42.1 Å². The monoisotopic (exact) mass is 992 g/mol. The summed E-state index contributed by atoms with van der Waals surface area (Å²) in [5.74, 6) is -10.1. The van der Waals surface area contributed by atoms with Crippen molar-refractivity contribution >= 4 is 29.8 Å². The summed E-state index contributed by atoms with van der Waals surface area (Å²) in [7, 11) is 3.20. The maximum absolute atomic E-state index is 13.0. The molecule has 0 aromatic carbocycles. The summed E-state index contributed by atoms with van der Waals surface area (Å²) in [6.07, 6.45) is -42.9. The minimum absolute atomic E-state index is 0.820. The number of hydrogen-bond acceptors (Lipinski definition) is 27. The predicted molar refractivity (Wildman–Crippen MR) is 208 cm³/mol. The minimum Gasteiger partial charge on any atom is -0.479 e. The standard InChI is InChI=1S/C39H60O29/c1-10(43)59-26-15(9-42)63-29(22(50)33(26)60-11(2)44)17-30(57-5)34(61-12(3)45)39(68-32(17)36(54)55)66-24-13(7-40)62-28(19(47)18(24)46)16-27(56-4)23(51)38(67-31(16)35(52)53)65-25-14(8-41)64-37(58-6)21(49)20(25)48/h13-34,37-42,46-51H,7-9H2,1-6H3,(H,52,53)(H,54,55)/t13-,14-,15-,16-,17?,18-,19-,20-,21-,22+,23-,24-,25-,26-,27+,28?,29-,30+,31-,32+,33-,34-,37+,38-,39-/m1/s1. The van der Waals surface area contributed by atoms with Crippen LogP contribution in [0.25, 0.3) is 0 Å². The van der Waals surface area contributed by atoms with Gasteiger partial charge < -0.3 is 118 Å². The number of aliphatic hydroxyl groups is 9. The second-order valence-electron chi connectivity index (χ2n) is 16.6. The molecule has 29 nitrogen and oxygen atoms in total. The summed E-state index contributed by atoms with van der Waals surface area (Å²) in [5.41, 5.74) is 0. The van der Waals surface area contributed by atoms with Crippen molar-refractivity contribution in [3.63, 3.8) is 0 Å². The molecule has 0 radical (unpaired) electrons. The van der Waals surface area contributed by atoms with Gasteiger partial charge in [-0.05, 0) is 0 Å². The highest BCUT2D eigenvalue weighted by Crippen LogP contribution is 2.43. The molecule has 2 unspecified atom stereocenters. The zero-order valence-corrected chi connectivity index (χ0v) is 37.3. The van der Waals surface area contributed by atoms with E-state index in [2.05, 4.69) is 0 Å². The van der Waals surface area contributed by atoms with Crippen molar-refractivity contribution in [1.82, 2.24) is 0 Å². The lowest BCUT2D eigenvalue weighted by Crippen LogP contribution is -2.71. The molecule has 5 aliphatic heterocycles. The fourth-order valence-electron chi connectivity index (χ4n) is 9.43. The van der Waals surface area contributed by atoms with E-state index in [9.17, 15) is 80.1 Å². The largest absolute Gasteiger partial charge is 0.479 e. The van der Waals surface area contributed by atoms with Gasteiger partial charge in [0.2, 0.25) is 0 Å². The van der Waals surface area contributed by atoms with E-state index >= 15 is 0 Å². The number of methoxy groups -OCH3 is 3. The molecule has 0 amide bonds. The van der Waals surface area contributed by atoms with E-state index in [1.807, 2.05) is 0 Å². The fourth-order valence-corrected chi connectivity index (χ4v) is 9.43. The summed E-state index contributed by atoms with van der Waals surface area (Å²) < 4.78 is 72.4. The van der Waals surface area contributed by atoms with Crippen molar-refractivity contribution in [2.75, 3.05) is 41.2 Å². The molecular weight excluding hydrogens is 932 g/mol. The van der Waals surface area contributed by atoms with Crippen molar-refractivity contribution in [2.45, 2.75) is 162 Å². The first-order valence-electron chi connectivity index (χ1n) is 21.2. The Labute approximate surface area is 386 Å². The molecule has 11 N–H and O–H groups in total. The number of hydrogen-bond donors (Lipinski definition) is 11. The van der Waals surface area contributed by atoms with E-state index in [4.69, 9.17) is 61.6 Å². The molecule has 5 fully saturated rings. The number of esters is 3. The third-order valence-electron chi connectivity index (χ3n) is 12.3. The Hall–Kier alpha value is -3.41. The van der Waals surface area contributed by atoms with Gasteiger partial charge in [0.15, 0.2) is 49.4 Å². The smallest absolute Gasteiger partial charge is 0.333 e. The summed E-state index contributed by atoms with van der Waals surface area (Å²) in [5, 5.41) is 119. The number of carboxylic acid groups (broad SMARTS) is 2. The van der Waals surface area contributed by atoms with Crippen LogP contribution in [0, 0.1) is 11.8 Å². The van der Waals surface area contributed by atoms with Crippen LogP contribution in [0.2, 0.25) is 0 Å². The Morgan fingerprint density at radius 1 is 0.412 bits per heavy atom. The summed E-state index contributed by atoms with van der Waals surface area (Å²) in [4.78, 5) is 62.6. The molecule has 5 saturated heterocycles. The van der Waals surface area contributed by atoms with Crippen LogP contribution in [0.4, 0.5) is 0 Å². The molecule has 0 saturated carbocycles. The average Bonchev–Trinajstić information content (AvgIpc) is 3.28. The van der Waals surface area contributed by atoms with E-state index in [-0.39, 0.29) is 0 Å². The lowest BCUT2D eigenvalue weighted by Gasteiger charge is -2.53. The van der Waals surface area contributed by atoms with Gasteiger partial charge in [-0.2, -0.15) is 0 Å². The molecule has 0 aromatic heterocycles. The van der Waals surface area contributed by atoms with Crippen molar-refractivity contribution in [3.8, 4) is 0 Å². The number of carboxylic acids is 2. The van der Waals surface area contributed by atoms with Crippen LogP contribution in [0.3, 0.4) is 0 Å². The number of carbonyl (C=O) groups excluding carboxylic acids is 3. The zero-order valence-electron chi connectivity index (χ0n) is 37.3. The van der Waals surface area contributed by atoms with E-state index in [1.54, 1.807) is 0 Å². The predicted octanol–water partition coefficient (Wildman–Crippen LogP) is -7.52. The summed E-state index contributed by atoms with van der Waals surface area (Å²) in [6, 6.07) is 0. The highest BCUT2D eigenvalue weighted by molar-refractivity contribution is 5.74. The Morgan fingerprint density at radius 2 is 0.824 bits per heavy atom. The normalized spacial score (nSPS) is 45.4. The van der Waals surface area contributed by atoms with E-state index < -0.39 is 202 Å². The van der Waals surface area contributed by atoms with Gasteiger partial charge in [0, 0.05) is 42.1 Å². The average molecular weight is 993 g/mol. The Balaban J connectivity index is 1.44. The summed E-state index contributed by atoms with van der Waals surface area (Å²) in [6.45, 7) is 0.0202. The van der Waals surface area contributed by atoms with Gasteiger partial charge in [-0.25, -0.2) is 9.59 Å². The van der Waals surface area contributed by atoms with Crippen molar-refractivity contribution < 1.29 is 142 Å². The lowest BCUT2D eigenvalue weighted by atomic mass is 9.77. The number of rotatable bonds is 17. The van der Waals surface area contributed by atoms with E-state index in [0.29, 0.717) is 0 Å². The quantitative estimate of drug-likeness (QED) is 0.0476. The molecule has 390 valence electrons. The molecule has 0 spiro atoms. The maximum Gasteiger partial charge on any atom is 0.333 e. The molecule has 5 rings (SSSR count). The maximum atomic E-state index is 13.0. The number of carbonyl (C=O) groups is 5. The second-order valence-corrected chi connectivity index (χ2v) is 16.6. The van der Waals surface area contributed by atoms with Crippen molar-refractivity contribution in [2.24, 2.45) is 11.8 Å². The SMILES string of the molecule is CO[C@H]1O[C@H](CO)[C@@H](O[C@@H]2O[C@@H](C(=O)O)[C@@H](C3O[C@H](CO)[C@@H](O[C@@H]4O[C@H](C(=O)O)C([C@H]5O[C@H](CO)[C@@H](OC(C)=O)[C@H](OC(C)=O)[C@H]5O)[C@H](OC)[C@H]4OC(C)=O)[C@H](O)[C@H]3O)[C@H](OC)[C@H]2O)[C@H](O)[C@H]1O. The third-order valence-corrected chi connectivity index (χ3v) is 12.3.